The molecule has 1 atom stereocenters. The highest BCUT2D eigenvalue weighted by Crippen LogP contribution is 2.25. The highest BCUT2D eigenvalue weighted by molar-refractivity contribution is 5.82. The Kier molecular flexibility index (Phi) is 4.88. The molecule has 7 heteroatoms. The van der Waals surface area contributed by atoms with Crippen LogP contribution < -0.4 is 10.9 Å². The van der Waals surface area contributed by atoms with Crippen molar-refractivity contribution in [2.45, 2.75) is 46.5 Å². The number of hydrogen-bond donors (Lipinski definition) is 3. The highest BCUT2D eigenvalue weighted by Gasteiger charge is 2.17. The van der Waals surface area contributed by atoms with Crippen molar-refractivity contribution in [1.82, 2.24) is 19.9 Å². The van der Waals surface area contributed by atoms with Gasteiger partial charge in [0.15, 0.2) is 0 Å². The molecule has 0 amide bonds. The van der Waals surface area contributed by atoms with Crippen LogP contribution in [0.3, 0.4) is 0 Å². The van der Waals surface area contributed by atoms with E-state index in [2.05, 4.69) is 25.3 Å². The van der Waals surface area contributed by atoms with E-state index in [1.165, 1.54) is 0 Å². The summed E-state index contributed by atoms with van der Waals surface area (Å²) in [5, 5.41) is 14.1. The van der Waals surface area contributed by atoms with Crippen LogP contribution >= 0.6 is 0 Å². The lowest BCUT2D eigenvalue weighted by Gasteiger charge is -2.12. The molecule has 0 aliphatic rings. The summed E-state index contributed by atoms with van der Waals surface area (Å²) >= 11 is 0. The van der Waals surface area contributed by atoms with Gasteiger partial charge in [-0.3, -0.25) is 15.1 Å². The Labute approximate surface area is 151 Å². The van der Waals surface area contributed by atoms with Crippen molar-refractivity contribution >= 4 is 22.8 Å². The van der Waals surface area contributed by atoms with Gasteiger partial charge in [0.1, 0.15) is 0 Å². The summed E-state index contributed by atoms with van der Waals surface area (Å²) in [4.78, 5) is 27.9. The van der Waals surface area contributed by atoms with Gasteiger partial charge < -0.3 is 5.11 Å². The molecule has 0 saturated carbocycles. The Bertz CT molecular complexity index is 1010. The van der Waals surface area contributed by atoms with Crippen LogP contribution in [0.15, 0.2) is 23.0 Å². The average molecular weight is 353 g/mol. The summed E-state index contributed by atoms with van der Waals surface area (Å²) < 4.78 is 0. The molecule has 2 heterocycles. The van der Waals surface area contributed by atoms with E-state index in [4.69, 9.17) is 0 Å². The largest absolute Gasteiger partial charge is 0.493 e. The van der Waals surface area contributed by atoms with Gasteiger partial charge in [-0.05, 0) is 38.3 Å². The number of aromatic hydroxyl groups is 1. The van der Waals surface area contributed by atoms with E-state index in [-0.39, 0.29) is 23.3 Å². The number of hydrogen-bond acceptors (Lipinski definition) is 6. The lowest BCUT2D eigenvalue weighted by atomic mass is 9.99. The number of nitrogens with one attached hydrogen (secondary N) is 2. The number of aromatic amines is 1. The van der Waals surface area contributed by atoms with Crippen molar-refractivity contribution in [2.24, 2.45) is 0 Å². The predicted molar refractivity (Wildman–Crippen MR) is 102 cm³/mol. The summed E-state index contributed by atoms with van der Waals surface area (Å²) in [6.45, 7) is 7.85. The van der Waals surface area contributed by atoms with Crippen molar-refractivity contribution in [3.05, 3.63) is 45.4 Å². The van der Waals surface area contributed by atoms with Crippen LogP contribution in [0.5, 0.6) is 5.88 Å². The second-order valence-corrected chi connectivity index (χ2v) is 6.62. The molecule has 0 fully saturated rings. The molecular weight excluding hydrogens is 330 g/mol. The molecule has 7 nitrogen and oxygen atoms in total. The third kappa shape index (κ3) is 3.51. The first-order chi connectivity index (χ1) is 12.4. The zero-order chi connectivity index (χ0) is 18.8. The Morgan fingerprint density at radius 1 is 1.23 bits per heavy atom. The number of H-pyrrole nitrogens is 1. The molecule has 0 bridgehead atoms. The number of aromatic nitrogens is 4. The Balaban J connectivity index is 1.95. The van der Waals surface area contributed by atoms with E-state index < -0.39 is 0 Å². The van der Waals surface area contributed by atoms with Crippen molar-refractivity contribution in [2.75, 3.05) is 5.32 Å². The van der Waals surface area contributed by atoms with E-state index in [9.17, 15) is 9.90 Å². The fourth-order valence-corrected chi connectivity index (χ4v) is 3.11. The van der Waals surface area contributed by atoms with Crippen LogP contribution in [0.1, 0.15) is 49.4 Å². The zero-order valence-electron chi connectivity index (χ0n) is 15.4. The quantitative estimate of drug-likeness (QED) is 0.646. The molecule has 0 aliphatic heterocycles. The van der Waals surface area contributed by atoms with Gasteiger partial charge in [0.25, 0.3) is 5.56 Å². The number of benzene rings is 1. The van der Waals surface area contributed by atoms with Crippen LogP contribution in [0, 0.1) is 13.8 Å². The van der Waals surface area contributed by atoms with Gasteiger partial charge in [-0.2, -0.15) is 4.98 Å². The third-order valence-corrected chi connectivity index (χ3v) is 4.42. The summed E-state index contributed by atoms with van der Waals surface area (Å²) in [6, 6.07) is 5.94. The first kappa shape index (κ1) is 17.8. The molecule has 3 aromatic rings. The molecule has 1 aromatic carbocycles. The van der Waals surface area contributed by atoms with Crippen LogP contribution in [0.25, 0.3) is 10.9 Å². The molecule has 136 valence electrons. The number of fused-ring (bicyclic) bond motifs is 1. The third-order valence-electron chi connectivity index (χ3n) is 4.42. The Morgan fingerprint density at radius 2 is 2.00 bits per heavy atom. The predicted octanol–water partition coefficient (Wildman–Crippen LogP) is 3.68. The van der Waals surface area contributed by atoms with Gasteiger partial charge in [-0.1, -0.05) is 31.9 Å². The summed E-state index contributed by atoms with van der Waals surface area (Å²) in [5.41, 5.74) is 2.71. The lowest BCUT2D eigenvalue weighted by Crippen LogP contribution is -2.18. The zero-order valence-corrected chi connectivity index (χ0v) is 15.4. The Morgan fingerprint density at radius 3 is 2.69 bits per heavy atom. The van der Waals surface area contributed by atoms with Crippen molar-refractivity contribution in [1.29, 1.82) is 0 Å². The van der Waals surface area contributed by atoms with Crippen LogP contribution in [-0.4, -0.2) is 25.0 Å². The number of anilines is 2. The standard InChI is InChI=1S/C19H23N5O2/c1-5-6-11(3)15-16(25)22-19(23-17(15)26)24-18-20-12(4)13-9-10(2)7-8-14(13)21-18/h7-9,11H,5-6H2,1-4H3,(H3,20,21,22,23,24,25,26)/t11-/m0/s1. The second kappa shape index (κ2) is 7.11. The first-order valence-electron chi connectivity index (χ1n) is 8.74. The van der Waals surface area contributed by atoms with Gasteiger partial charge in [0, 0.05) is 5.39 Å². The number of rotatable bonds is 5. The molecule has 0 aliphatic carbocycles. The summed E-state index contributed by atoms with van der Waals surface area (Å²) in [6.07, 6.45) is 1.72. The molecule has 0 radical (unpaired) electrons. The van der Waals surface area contributed by atoms with Crippen molar-refractivity contribution in [3.8, 4) is 5.88 Å². The van der Waals surface area contributed by atoms with Gasteiger partial charge in [0.2, 0.25) is 17.8 Å². The molecule has 26 heavy (non-hydrogen) atoms. The minimum absolute atomic E-state index is 0.0623. The first-order valence-corrected chi connectivity index (χ1v) is 8.74. The topological polar surface area (TPSA) is 104 Å². The normalized spacial score (nSPS) is 12.3. The number of nitrogens with zero attached hydrogens (tertiary/aromatic N) is 3. The lowest BCUT2D eigenvalue weighted by molar-refractivity contribution is 0.436. The molecule has 2 aromatic heterocycles. The molecular formula is C19H23N5O2. The highest BCUT2D eigenvalue weighted by atomic mass is 16.3. The average Bonchev–Trinajstić information content (AvgIpc) is 2.55. The molecule has 3 rings (SSSR count). The number of aryl methyl sites for hydroxylation is 2. The second-order valence-electron chi connectivity index (χ2n) is 6.62. The van der Waals surface area contributed by atoms with Crippen LogP contribution in [-0.2, 0) is 0 Å². The summed E-state index contributed by atoms with van der Waals surface area (Å²) in [7, 11) is 0. The monoisotopic (exact) mass is 353 g/mol. The maximum absolute atomic E-state index is 12.3. The minimum atomic E-state index is -0.353. The van der Waals surface area contributed by atoms with E-state index in [1.807, 2.05) is 45.9 Å². The minimum Gasteiger partial charge on any atom is -0.493 e. The molecule has 0 spiro atoms. The Hall–Kier alpha value is -2.96. The van der Waals surface area contributed by atoms with Crippen molar-refractivity contribution in [3.63, 3.8) is 0 Å². The van der Waals surface area contributed by atoms with E-state index in [0.717, 1.165) is 35.0 Å². The molecule has 3 N–H and O–H groups in total. The van der Waals surface area contributed by atoms with E-state index >= 15 is 0 Å². The SMILES string of the molecule is CCC[C@H](C)c1c(O)nc(Nc2nc(C)c3cc(C)ccc3n2)[nH]c1=O. The van der Waals surface area contributed by atoms with Gasteiger partial charge >= 0.3 is 0 Å². The van der Waals surface area contributed by atoms with Crippen molar-refractivity contribution < 1.29 is 5.11 Å². The fraction of sp³-hybridized carbons (Fsp3) is 0.368. The summed E-state index contributed by atoms with van der Waals surface area (Å²) in [5.74, 6) is 0.111. The van der Waals surface area contributed by atoms with Gasteiger partial charge in [-0.25, -0.2) is 9.97 Å². The van der Waals surface area contributed by atoms with Gasteiger partial charge in [0.05, 0.1) is 16.8 Å². The fourth-order valence-electron chi connectivity index (χ4n) is 3.11. The molecule has 0 saturated heterocycles. The van der Waals surface area contributed by atoms with Crippen LogP contribution in [0.4, 0.5) is 11.9 Å². The van der Waals surface area contributed by atoms with Gasteiger partial charge in [-0.15, -0.1) is 0 Å². The van der Waals surface area contributed by atoms with E-state index in [1.54, 1.807) is 0 Å². The molecule has 0 unspecified atom stereocenters. The smallest absolute Gasteiger partial charge is 0.259 e. The maximum atomic E-state index is 12.3. The maximum Gasteiger partial charge on any atom is 0.259 e. The van der Waals surface area contributed by atoms with Crippen LogP contribution in [0.2, 0.25) is 0 Å². The van der Waals surface area contributed by atoms with E-state index in [0.29, 0.717) is 11.5 Å².